The highest BCUT2D eigenvalue weighted by molar-refractivity contribution is 5.84. The van der Waals surface area contributed by atoms with Gasteiger partial charge in [0.05, 0.1) is 13.2 Å². The number of nitrogens with two attached hydrogens (primary N) is 1. The van der Waals surface area contributed by atoms with E-state index >= 15 is 0 Å². The number of H-pyrrole nitrogens is 1. The summed E-state index contributed by atoms with van der Waals surface area (Å²) in [4.78, 5) is 6.72. The number of rotatable bonds is 5. The summed E-state index contributed by atoms with van der Waals surface area (Å²) < 4.78 is 46.9. The smallest absolute Gasteiger partial charge is 0.379 e. The topological polar surface area (TPSA) is 104 Å². The minimum Gasteiger partial charge on any atom is -0.379 e. The number of benzene rings is 1. The third-order valence-electron chi connectivity index (χ3n) is 7.97. The second-order valence-electron chi connectivity index (χ2n) is 10.7. The van der Waals surface area contributed by atoms with Crippen LogP contribution in [0.3, 0.4) is 0 Å². The number of nitrogens with zero attached hydrogens (tertiary/aromatic N) is 3. The molecule has 5 N–H and O–H groups in total. The quantitative estimate of drug-likeness (QED) is 0.458. The van der Waals surface area contributed by atoms with Gasteiger partial charge in [-0.1, -0.05) is 6.07 Å². The molecule has 1 aromatic heterocycles. The molecule has 1 saturated heterocycles. The molecule has 8 nitrogen and oxygen atoms in total. The van der Waals surface area contributed by atoms with E-state index in [1.807, 2.05) is 19.9 Å². The predicted molar refractivity (Wildman–Crippen MR) is 141 cm³/mol. The number of allylic oxidation sites excluding steroid dienone is 1. The zero-order chi connectivity index (χ0) is 27.1. The Bertz CT molecular complexity index is 1220. The van der Waals surface area contributed by atoms with Gasteiger partial charge in [-0.2, -0.15) is 18.3 Å². The standard InChI is InChI=1S/C27H36F3N7O/c1-16-13-22(17(2)12-21(16)19-4-6-20(7-5-19)37-8-10-38-11-9-37)27(31)32-15-23(26(28,29)30)25(34-27)33-24-14-18(3)35-36-24/h12-15,19-20,34H,4-11,31H2,1-3H3,(H2,33,35,36). The number of aryl methyl sites for hydroxylation is 3. The van der Waals surface area contributed by atoms with Crippen LogP contribution < -0.4 is 16.4 Å². The third kappa shape index (κ3) is 5.45. The zero-order valence-corrected chi connectivity index (χ0v) is 22.1. The van der Waals surface area contributed by atoms with Gasteiger partial charge in [0, 0.05) is 42.7 Å². The van der Waals surface area contributed by atoms with Crippen LogP contribution in [-0.4, -0.2) is 59.8 Å². The van der Waals surface area contributed by atoms with Crippen molar-refractivity contribution >= 4 is 12.0 Å². The van der Waals surface area contributed by atoms with Crippen molar-refractivity contribution in [3.63, 3.8) is 0 Å². The summed E-state index contributed by atoms with van der Waals surface area (Å²) in [5.74, 6) is -1.15. The van der Waals surface area contributed by atoms with E-state index in [9.17, 15) is 13.2 Å². The molecule has 0 radical (unpaired) electrons. The molecule has 3 heterocycles. The Hall–Kier alpha value is -2.89. The molecule has 1 aromatic carbocycles. The number of hydrogen-bond donors (Lipinski definition) is 4. The first-order chi connectivity index (χ1) is 18.0. The summed E-state index contributed by atoms with van der Waals surface area (Å²) in [6.45, 7) is 9.40. The molecule has 11 heteroatoms. The van der Waals surface area contributed by atoms with Crippen molar-refractivity contribution < 1.29 is 17.9 Å². The molecule has 0 spiro atoms. The highest BCUT2D eigenvalue weighted by Gasteiger charge is 2.42. The van der Waals surface area contributed by atoms with Gasteiger partial charge >= 0.3 is 6.18 Å². The maximum Gasteiger partial charge on any atom is 0.421 e. The maximum atomic E-state index is 13.8. The van der Waals surface area contributed by atoms with E-state index < -0.39 is 17.5 Å². The van der Waals surface area contributed by atoms with Crippen LogP contribution in [0.1, 0.15) is 59.5 Å². The van der Waals surface area contributed by atoms with Gasteiger partial charge in [-0.3, -0.25) is 15.7 Å². The zero-order valence-electron chi connectivity index (χ0n) is 22.1. The van der Waals surface area contributed by atoms with Gasteiger partial charge in [0.2, 0.25) is 5.79 Å². The summed E-state index contributed by atoms with van der Waals surface area (Å²) in [5, 5.41) is 12.3. The lowest BCUT2D eigenvalue weighted by atomic mass is 9.78. The number of aromatic nitrogens is 2. The fraction of sp³-hybridized carbons (Fsp3) is 0.556. The molecule has 2 aliphatic heterocycles. The monoisotopic (exact) mass is 531 g/mol. The summed E-state index contributed by atoms with van der Waals surface area (Å²) in [5.41, 5.74) is 10.3. The Balaban J connectivity index is 1.36. The number of ether oxygens (including phenoxy) is 1. The van der Waals surface area contributed by atoms with Gasteiger partial charge in [-0.05, 0) is 75.1 Å². The molecule has 5 rings (SSSR count). The lowest BCUT2D eigenvalue weighted by Crippen LogP contribution is -2.53. The summed E-state index contributed by atoms with van der Waals surface area (Å²) in [7, 11) is 0. The third-order valence-corrected chi connectivity index (χ3v) is 7.97. The summed E-state index contributed by atoms with van der Waals surface area (Å²) in [6, 6.07) is 6.34. The molecular formula is C27H36F3N7O. The van der Waals surface area contributed by atoms with Crippen molar-refractivity contribution in [2.45, 2.75) is 70.4 Å². The number of alkyl halides is 3. The van der Waals surface area contributed by atoms with E-state index in [1.165, 1.54) is 5.56 Å². The van der Waals surface area contributed by atoms with Crippen LogP contribution in [0.15, 0.2) is 34.6 Å². The van der Waals surface area contributed by atoms with Crippen molar-refractivity contribution in [3.8, 4) is 0 Å². The largest absolute Gasteiger partial charge is 0.421 e. The molecule has 1 unspecified atom stereocenters. The Morgan fingerprint density at radius 3 is 2.39 bits per heavy atom. The second kappa shape index (κ2) is 10.3. The van der Waals surface area contributed by atoms with Crippen LogP contribution in [0.25, 0.3) is 0 Å². The van der Waals surface area contributed by atoms with Gasteiger partial charge < -0.3 is 15.4 Å². The summed E-state index contributed by atoms with van der Waals surface area (Å²) in [6.07, 6.45) is 0.713. The first-order valence-electron chi connectivity index (χ1n) is 13.2. The van der Waals surface area contributed by atoms with Gasteiger partial charge in [0.25, 0.3) is 0 Å². The van der Waals surface area contributed by atoms with Crippen LogP contribution in [0, 0.1) is 20.8 Å². The maximum absolute atomic E-state index is 13.8. The van der Waals surface area contributed by atoms with E-state index in [4.69, 9.17) is 10.5 Å². The Labute approximate surface area is 220 Å². The van der Waals surface area contributed by atoms with Crippen molar-refractivity contribution in [2.24, 2.45) is 10.7 Å². The minimum absolute atomic E-state index is 0.250. The average molecular weight is 532 g/mol. The van der Waals surface area contributed by atoms with Gasteiger partial charge in [0.1, 0.15) is 11.4 Å². The van der Waals surface area contributed by atoms with Crippen LogP contribution in [-0.2, 0) is 10.5 Å². The molecule has 0 bridgehead atoms. The number of morpholine rings is 1. The minimum atomic E-state index is -4.62. The van der Waals surface area contributed by atoms with Crippen LogP contribution in [0.5, 0.6) is 0 Å². The summed E-state index contributed by atoms with van der Waals surface area (Å²) >= 11 is 0. The number of halogens is 3. The molecular weight excluding hydrogens is 495 g/mol. The van der Waals surface area contributed by atoms with Gasteiger partial charge in [0.15, 0.2) is 5.82 Å². The molecule has 3 aliphatic rings. The predicted octanol–water partition coefficient (Wildman–Crippen LogP) is 4.32. The van der Waals surface area contributed by atoms with E-state index in [0.29, 0.717) is 23.2 Å². The number of anilines is 1. The molecule has 206 valence electrons. The van der Waals surface area contributed by atoms with Gasteiger partial charge in [-0.15, -0.1) is 0 Å². The number of hydrogen-bond acceptors (Lipinski definition) is 7. The van der Waals surface area contributed by atoms with E-state index in [2.05, 4.69) is 36.8 Å². The van der Waals surface area contributed by atoms with E-state index in [-0.39, 0.29) is 11.6 Å². The molecule has 2 fully saturated rings. The fourth-order valence-electron chi connectivity index (χ4n) is 5.97. The SMILES string of the molecule is Cc1cc(NC2=C(C(F)(F)F)C=NC(N)(c3cc(C)c(C4CCC(N5CCOCC5)CC4)cc3C)N2)n[nH]1. The van der Waals surface area contributed by atoms with E-state index in [1.54, 1.807) is 13.0 Å². The average Bonchev–Trinajstić information content (AvgIpc) is 3.29. The Kier molecular flexibility index (Phi) is 7.27. The first kappa shape index (κ1) is 26.7. The van der Waals surface area contributed by atoms with Crippen LogP contribution in [0.2, 0.25) is 0 Å². The first-order valence-corrected chi connectivity index (χ1v) is 13.2. The molecule has 1 aliphatic carbocycles. The molecule has 1 atom stereocenters. The fourth-order valence-corrected chi connectivity index (χ4v) is 5.97. The highest BCUT2D eigenvalue weighted by atomic mass is 19.4. The van der Waals surface area contributed by atoms with Crippen molar-refractivity contribution in [3.05, 3.63) is 57.5 Å². The van der Waals surface area contributed by atoms with Crippen molar-refractivity contribution in [1.29, 1.82) is 0 Å². The lowest BCUT2D eigenvalue weighted by molar-refractivity contribution is -0.0871. The number of nitrogens with one attached hydrogen (secondary N) is 3. The number of aliphatic imine (C=N–C) groups is 1. The number of aromatic amines is 1. The molecule has 2 aromatic rings. The Morgan fingerprint density at radius 1 is 1.05 bits per heavy atom. The van der Waals surface area contributed by atoms with Crippen molar-refractivity contribution in [1.82, 2.24) is 20.4 Å². The van der Waals surface area contributed by atoms with Crippen LogP contribution in [0.4, 0.5) is 19.0 Å². The molecule has 1 saturated carbocycles. The molecule has 0 amide bonds. The van der Waals surface area contributed by atoms with Crippen molar-refractivity contribution in [2.75, 3.05) is 31.6 Å². The normalized spacial score (nSPS) is 26.9. The van der Waals surface area contributed by atoms with E-state index in [0.717, 1.165) is 69.3 Å². The lowest BCUT2D eigenvalue weighted by Gasteiger charge is -2.39. The highest BCUT2D eigenvalue weighted by Crippen LogP contribution is 2.39. The van der Waals surface area contributed by atoms with Gasteiger partial charge in [-0.25, -0.2) is 4.99 Å². The second-order valence-corrected chi connectivity index (χ2v) is 10.7. The molecule has 38 heavy (non-hydrogen) atoms. The van der Waals surface area contributed by atoms with Crippen LogP contribution >= 0.6 is 0 Å². The Morgan fingerprint density at radius 2 is 1.76 bits per heavy atom.